The number of likely N-dealkylation sites (N-methyl/N-ethyl adjacent to an activating group) is 1. The van der Waals surface area contributed by atoms with E-state index in [0.29, 0.717) is 23.4 Å². The summed E-state index contributed by atoms with van der Waals surface area (Å²) in [5.74, 6) is 0.0704. The number of hydrogen-bond donors (Lipinski definition) is 1. The molecule has 3 rings (SSSR count). The first-order chi connectivity index (χ1) is 13.2. The number of ether oxygens (including phenoxy) is 1. The molecule has 0 saturated heterocycles. The lowest BCUT2D eigenvalue weighted by atomic mass is 9.87. The molecule has 0 saturated carbocycles. The van der Waals surface area contributed by atoms with Crippen LogP contribution in [-0.2, 0) is 15.0 Å². The zero-order chi connectivity index (χ0) is 20.5. The predicted molar refractivity (Wildman–Crippen MR) is 111 cm³/mol. The third-order valence-electron chi connectivity index (χ3n) is 4.76. The van der Waals surface area contributed by atoms with Crippen molar-refractivity contribution in [1.82, 2.24) is 4.90 Å². The molecule has 0 atom stereocenters. The van der Waals surface area contributed by atoms with Crippen LogP contribution in [0.25, 0.3) is 5.57 Å². The molecule has 5 heteroatoms. The summed E-state index contributed by atoms with van der Waals surface area (Å²) >= 11 is 0. The highest BCUT2D eigenvalue weighted by Gasteiger charge is 2.36. The minimum Gasteiger partial charge on any atom is -0.494 e. The highest BCUT2D eigenvalue weighted by atomic mass is 16.5. The summed E-state index contributed by atoms with van der Waals surface area (Å²) in [6.45, 7) is 8.93. The fraction of sp³-hybridized carbons (Fsp3) is 0.304. The van der Waals surface area contributed by atoms with E-state index in [2.05, 4.69) is 26.1 Å². The fourth-order valence-electron chi connectivity index (χ4n) is 3.11. The van der Waals surface area contributed by atoms with Gasteiger partial charge >= 0.3 is 0 Å². The average molecular weight is 378 g/mol. The Morgan fingerprint density at radius 2 is 1.54 bits per heavy atom. The summed E-state index contributed by atoms with van der Waals surface area (Å²) in [6.07, 6.45) is 0. The molecule has 2 amide bonds. The monoisotopic (exact) mass is 378 g/mol. The molecule has 0 unspecified atom stereocenters. The van der Waals surface area contributed by atoms with Gasteiger partial charge in [0.1, 0.15) is 11.4 Å². The first-order valence-electron chi connectivity index (χ1n) is 9.40. The largest absolute Gasteiger partial charge is 0.494 e. The maximum atomic E-state index is 12.7. The molecule has 1 aliphatic heterocycles. The van der Waals surface area contributed by atoms with Gasteiger partial charge in [-0.1, -0.05) is 45.0 Å². The zero-order valence-corrected chi connectivity index (χ0v) is 17.0. The Morgan fingerprint density at radius 1 is 0.929 bits per heavy atom. The van der Waals surface area contributed by atoms with Gasteiger partial charge < -0.3 is 10.1 Å². The van der Waals surface area contributed by atoms with Crippen molar-refractivity contribution in [3.05, 3.63) is 65.4 Å². The Balaban J connectivity index is 1.96. The van der Waals surface area contributed by atoms with Gasteiger partial charge in [0.25, 0.3) is 11.8 Å². The number of hydrogen-bond acceptors (Lipinski definition) is 4. The van der Waals surface area contributed by atoms with E-state index in [1.54, 1.807) is 24.3 Å². The van der Waals surface area contributed by atoms with Crippen LogP contribution in [0.15, 0.2) is 54.2 Å². The van der Waals surface area contributed by atoms with Crippen molar-refractivity contribution < 1.29 is 14.3 Å². The smallest absolute Gasteiger partial charge is 0.277 e. The second-order valence-corrected chi connectivity index (χ2v) is 7.83. The zero-order valence-electron chi connectivity index (χ0n) is 17.0. The van der Waals surface area contributed by atoms with Crippen molar-refractivity contribution in [2.24, 2.45) is 0 Å². The van der Waals surface area contributed by atoms with E-state index in [-0.39, 0.29) is 17.2 Å². The number of nitrogens with one attached hydrogen (secondary N) is 1. The van der Waals surface area contributed by atoms with Gasteiger partial charge in [0, 0.05) is 12.7 Å². The molecular weight excluding hydrogens is 352 g/mol. The summed E-state index contributed by atoms with van der Waals surface area (Å²) in [4.78, 5) is 26.5. The van der Waals surface area contributed by atoms with Crippen LogP contribution < -0.4 is 10.1 Å². The SMILES string of the molecule is CCOc1ccc(C2=C(Nc3ccc(C(C)(C)C)cc3)C(=O)N(C)C2=O)cc1. The molecule has 146 valence electrons. The topological polar surface area (TPSA) is 58.6 Å². The number of amides is 2. The Morgan fingerprint density at radius 3 is 2.07 bits per heavy atom. The summed E-state index contributed by atoms with van der Waals surface area (Å²) in [7, 11) is 1.50. The number of carbonyl (C=O) groups excluding carboxylic acids is 2. The first-order valence-corrected chi connectivity index (χ1v) is 9.40. The molecule has 0 aliphatic carbocycles. The average Bonchev–Trinajstić information content (AvgIpc) is 2.86. The predicted octanol–water partition coefficient (Wildman–Crippen LogP) is 4.20. The van der Waals surface area contributed by atoms with Crippen LogP contribution in [0.3, 0.4) is 0 Å². The van der Waals surface area contributed by atoms with E-state index in [1.807, 2.05) is 31.2 Å². The van der Waals surface area contributed by atoms with Gasteiger partial charge in [-0.2, -0.15) is 0 Å². The van der Waals surface area contributed by atoms with Crippen LogP contribution in [-0.4, -0.2) is 30.4 Å². The number of imide groups is 1. The Bertz CT molecular complexity index is 920. The molecule has 0 aromatic heterocycles. The van der Waals surface area contributed by atoms with Crippen LogP contribution in [0.5, 0.6) is 5.75 Å². The van der Waals surface area contributed by atoms with Gasteiger partial charge in [-0.3, -0.25) is 14.5 Å². The van der Waals surface area contributed by atoms with Crippen molar-refractivity contribution in [3.8, 4) is 5.75 Å². The van der Waals surface area contributed by atoms with E-state index in [0.717, 1.165) is 16.3 Å². The Hall–Kier alpha value is -3.08. The van der Waals surface area contributed by atoms with E-state index in [4.69, 9.17) is 4.74 Å². The number of benzene rings is 2. The summed E-state index contributed by atoms with van der Waals surface area (Å²) < 4.78 is 5.46. The van der Waals surface area contributed by atoms with E-state index >= 15 is 0 Å². The summed E-state index contributed by atoms with van der Waals surface area (Å²) in [5.41, 5.74) is 3.35. The van der Waals surface area contributed by atoms with Gasteiger partial charge in [0.2, 0.25) is 0 Å². The molecule has 1 heterocycles. The summed E-state index contributed by atoms with van der Waals surface area (Å²) in [6, 6.07) is 15.1. The fourth-order valence-corrected chi connectivity index (χ4v) is 3.11. The molecular formula is C23H26N2O3. The van der Waals surface area contributed by atoms with Gasteiger partial charge in [-0.15, -0.1) is 0 Å². The van der Waals surface area contributed by atoms with E-state index in [9.17, 15) is 9.59 Å². The molecule has 0 bridgehead atoms. The van der Waals surface area contributed by atoms with Crippen LogP contribution in [0, 0.1) is 0 Å². The van der Waals surface area contributed by atoms with Gasteiger partial charge in [-0.05, 0) is 47.7 Å². The summed E-state index contributed by atoms with van der Waals surface area (Å²) in [5, 5.41) is 3.15. The molecule has 2 aromatic carbocycles. The Labute approximate surface area is 166 Å². The second-order valence-electron chi connectivity index (χ2n) is 7.83. The van der Waals surface area contributed by atoms with E-state index in [1.165, 1.54) is 12.6 Å². The molecule has 1 N–H and O–H groups in total. The lowest BCUT2D eigenvalue weighted by Gasteiger charge is -2.19. The highest BCUT2D eigenvalue weighted by Crippen LogP contribution is 2.31. The third-order valence-corrected chi connectivity index (χ3v) is 4.76. The highest BCUT2D eigenvalue weighted by molar-refractivity contribution is 6.36. The Kier molecular flexibility index (Phi) is 5.27. The molecule has 0 spiro atoms. The maximum absolute atomic E-state index is 12.7. The van der Waals surface area contributed by atoms with Crippen molar-refractivity contribution in [3.63, 3.8) is 0 Å². The van der Waals surface area contributed by atoms with Crippen LogP contribution in [0.1, 0.15) is 38.8 Å². The molecule has 0 fully saturated rings. The maximum Gasteiger partial charge on any atom is 0.277 e. The van der Waals surface area contributed by atoms with E-state index < -0.39 is 0 Å². The lowest BCUT2D eigenvalue weighted by Crippen LogP contribution is -2.27. The quantitative estimate of drug-likeness (QED) is 0.792. The van der Waals surface area contributed by atoms with Gasteiger partial charge in [-0.25, -0.2) is 0 Å². The van der Waals surface area contributed by atoms with Crippen LogP contribution in [0.4, 0.5) is 5.69 Å². The molecule has 28 heavy (non-hydrogen) atoms. The minimum absolute atomic E-state index is 0.0463. The van der Waals surface area contributed by atoms with Crippen molar-refractivity contribution in [2.75, 3.05) is 19.0 Å². The molecule has 5 nitrogen and oxygen atoms in total. The second kappa shape index (κ2) is 7.50. The standard InChI is InChI=1S/C23H26N2O3/c1-6-28-18-13-7-15(8-14-18)19-20(22(27)25(5)21(19)26)24-17-11-9-16(10-12-17)23(2,3)4/h7-14,24H,6H2,1-5H3. The van der Waals surface area contributed by atoms with Gasteiger partial charge in [0.15, 0.2) is 0 Å². The van der Waals surface area contributed by atoms with Crippen LogP contribution in [0.2, 0.25) is 0 Å². The lowest BCUT2D eigenvalue weighted by molar-refractivity contribution is -0.135. The normalized spacial score (nSPS) is 14.7. The number of anilines is 1. The number of rotatable bonds is 5. The van der Waals surface area contributed by atoms with Crippen LogP contribution >= 0.6 is 0 Å². The molecule has 1 aliphatic rings. The number of nitrogens with zero attached hydrogens (tertiary/aromatic N) is 1. The third kappa shape index (κ3) is 3.79. The first kappa shape index (κ1) is 19.7. The van der Waals surface area contributed by atoms with Gasteiger partial charge in [0.05, 0.1) is 12.2 Å². The minimum atomic E-state index is -0.339. The van der Waals surface area contributed by atoms with Crippen molar-refractivity contribution >= 4 is 23.1 Å². The molecule has 0 radical (unpaired) electrons. The number of carbonyl (C=O) groups is 2. The van der Waals surface area contributed by atoms with Crippen molar-refractivity contribution in [1.29, 1.82) is 0 Å². The van der Waals surface area contributed by atoms with Crippen molar-refractivity contribution in [2.45, 2.75) is 33.1 Å². The molecule has 2 aromatic rings.